The van der Waals surface area contributed by atoms with E-state index in [9.17, 15) is 13.6 Å². The molecule has 0 aliphatic carbocycles. The zero-order valence-corrected chi connectivity index (χ0v) is 9.48. The number of carbonyl (C=O) groups is 1. The molecule has 0 radical (unpaired) electrons. The highest BCUT2D eigenvalue weighted by Crippen LogP contribution is 2.31. The molecule has 0 aromatic heterocycles. The standard InChI is InChI=1S/C10H9F2NO2S/c1-10(11,12)6-3-4-7(9(14)15-2)8(5-6)13-16/h3-5H,1-2H3. The molecule has 1 aromatic carbocycles. The van der Waals surface area contributed by atoms with E-state index in [0.717, 1.165) is 19.1 Å². The Morgan fingerprint density at radius 2 is 2.12 bits per heavy atom. The first kappa shape index (κ1) is 12.6. The van der Waals surface area contributed by atoms with Crippen molar-refractivity contribution in [1.82, 2.24) is 0 Å². The van der Waals surface area contributed by atoms with Gasteiger partial charge in [-0.25, -0.2) is 13.6 Å². The van der Waals surface area contributed by atoms with Crippen molar-refractivity contribution in [3.05, 3.63) is 29.3 Å². The largest absolute Gasteiger partial charge is 0.465 e. The molecule has 6 heteroatoms. The van der Waals surface area contributed by atoms with Gasteiger partial charge < -0.3 is 4.74 Å². The van der Waals surface area contributed by atoms with Crippen LogP contribution in [0.25, 0.3) is 0 Å². The van der Waals surface area contributed by atoms with Crippen molar-refractivity contribution in [1.29, 1.82) is 0 Å². The van der Waals surface area contributed by atoms with E-state index in [-0.39, 0.29) is 16.8 Å². The fraction of sp³-hybridized carbons (Fsp3) is 0.300. The summed E-state index contributed by atoms with van der Waals surface area (Å²) in [5, 5.41) is 0. The van der Waals surface area contributed by atoms with Gasteiger partial charge in [0.1, 0.15) is 0 Å². The maximum absolute atomic E-state index is 13.0. The number of hydrogen-bond acceptors (Lipinski definition) is 4. The Bertz CT molecular complexity index is 429. The van der Waals surface area contributed by atoms with Crippen molar-refractivity contribution >= 4 is 24.1 Å². The van der Waals surface area contributed by atoms with Gasteiger partial charge in [-0.2, -0.15) is 4.36 Å². The molecule has 0 atom stereocenters. The maximum atomic E-state index is 13.0. The predicted octanol–water partition coefficient (Wildman–Crippen LogP) is 2.95. The smallest absolute Gasteiger partial charge is 0.340 e. The molecule has 0 saturated carbocycles. The summed E-state index contributed by atoms with van der Waals surface area (Å²) in [6.45, 7) is 0.757. The Morgan fingerprint density at radius 1 is 1.50 bits per heavy atom. The van der Waals surface area contributed by atoms with E-state index in [0.29, 0.717) is 0 Å². The molecule has 0 amide bonds. The zero-order chi connectivity index (χ0) is 12.3. The Hall–Kier alpha value is -1.43. The van der Waals surface area contributed by atoms with Crippen LogP contribution in [0.4, 0.5) is 14.5 Å². The first-order chi connectivity index (χ1) is 7.40. The van der Waals surface area contributed by atoms with E-state index >= 15 is 0 Å². The monoisotopic (exact) mass is 245 g/mol. The van der Waals surface area contributed by atoms with Gasteiger partial charge in [-0.1, -0.05) is 6.07 Å². The lowest BCUT2D eigenvalue weighted by atomic mass is 10.1. The molecule has 0 N–H and O–H groups in total. The van der Waals surface area contributed by atoms with Gasteiger partial charge in [-0.05, 0) is 12.1 Å². The Labute approximate surface area is 96.6 Å². The third-order valence-corrected chi connectivity index (χ3v) is 2.20. The van der Waals surface area contributed by atoms with Crippen LogP contribution in [0, 0.1) is 0 Å². The summed E-state index contributed by atoms with van der Waals surface area (Å²) in [7, 11) is 1.19. The normalized spacial score (nSPS) is 11.0. The van der Waals surface area contributed by atoms with Crippen LogP contribution in [0.15, 0.2) is 22.6 Å². The molecule has 16 heavy (non-hydrogen) atoms. The summed E-state index contributed by atoms with van der Waals surface area (Å²) in [5.74, 6) is -3.65. The van der Waals surface area contributed by atoms with E-state index in [1.807, 2.05) is 0 Å². The first-order valence-corrected chi connectivity index (χ1v) is 4.70. The average molecular weight is 245 g/mol. The number of hydrogen-bond donors (Lipinski definition) is 0. The quantitative estimate of drug-likeness (QED) is 0.768. The summed E-state index contributed by atoms with van der Waals surface area (Å²) >= 11 is 4.43. The first-order valence-electron chi connectivity index (χ1n) is 4.34. The van der Waals surface area contributed by atoms with E-state index in [4.69, 9.17) is 0 Å². The number of nitrogens with zero attached hydrogens (tertiary/aromatic N) is 1. The van der Waals surface area contributed by atoms with Crippen molar-refractivity contribution in [3.8, 4) is 0 Å². The van der Waals surface area contributed by atoms with Crippen LogP contribution in [0.5, 0.6) is 0 Å². The molecule has 0 unspecified atom stereocenters. The minimum Gasteiger partial charge on any atom is -0.465 e. The molecule has 0 spiro atoms. The fourth-order valence-corrected chi connectivity index (χ4v) is 1.31. The lowest BCUT2D eigenvalue weighted by Crippen LogP contribution is -2.08. The summed E-state index contributed by atoms with van der Waals surface area (Å²) in [4.78, 5) is 11.2. The van der Waals surface area contributed by atoms with E-state index in [2.05, 4.69) is 21.5 Å². The summed E-state index contributed by atoms with van der Waals surface area (Å²) in [5.41, 5.74) is -0.157. The Balaban J connectivity index is 3.27. The minimum absolute atomic E-state index is 0.0147. The highest BCUT2D eigenvalue weighted by molar-refractivity contribution is 7.47. The highest BCUT2D eigenvalue weighted by atomic mass is 32.1. The van der Waals surface area contributed by atoms with Gasteiger partial charge in [-0.3, -0.25) is 0 Å². The fourth-order valence-electron chi connectivity index (χ4n) is 1.16. The van der Waals surface area contributed by atoms with E-state index in [1.54, 1.807) is 0 Å². The van der Waals surface area contributed by atoms with Crippen LogP contribution in [-0.4, -0.2) is 13.1 Å². The van der Waals surface area contributed by atoms with Gasteiger partial charge in [0.15, 0.2) is 0 Å². The molecule has 0 saturated heterocycles. The van der Waals surface area contributed by atoms with Crippen molar-refractivity contribution in [2.75, 3.05) is 7.11 Å². The van der Waals surface area contributed by atoms with Gasteiger partial charge in [0, 0.05) is 24.9 Å². The van der Waals surface area contributed by atoms with Crippen LogP contribution in [0.1, 0.15) is 22.8 Å². The number of halogens is 2. The van der Waals surface area contributed by atoms with Crippen LogP contribution < -0.4 is 0 Å². The van der Waals surface area contributed by atoms with Crippen molar-refractivity contribution < 1.29 is 18.3 Å². The number of carbonyl (C=O) groups excluding carboxylic acids is 1. The summed E-state index contributed by atoms with van der Waals surface area (Å²) < 4.78 is 33.8. The molecule has 86 valence electrons. The number of rotatable bonds is 3. The lowest BCUT2D eigenvalue weighted by Gasteiger charge is -2.12. The third kappa shape index (κ3) is 2.57. The van der Waals surface area contributed by atoms with Crippen molar-refractivity contribution in [3.63, 3.8) is 0 Å². The molecule has 3 nitrogen and oxygen atoms in total. The number of alkyl halides is 2. The topological polar surface area (TPSA) is 38.7 Å². The van der Waals surface area contributed by atoms with Gasteiger partial charge >= 0.3 is 5.97 Å². The molecular weight excluding hydrogens is 236 g/mol. The molecule has 0 heterocycles. The van der Waals surface area contributed by atoms with Crippen molar-refractivity contribution in [2.45, 2.75) is 12.8 Å². The number of methoxy groups -OCH3 is 1. The van der Waals surface area contributed by atoms with Gasteiger partial charge in [0.2, 0.25) is 0 Å². The lowest BCUT2D eigenvalue weighted by molar-refractivity contribution is 0.0174. The van der Waals surface area contributed by atoms with Gasteiger partial charge in [0.25, 0.3) is 5.92 Å². The van der Waals surface area contributed by atoms with Crippen LogP contribution in [-0.2, 0) is 23.1 Å². The van der Waals surface area contributed by atoms with E-state index < -0.39 is 11.9 Å². The van der Waals surface area contributed by atoms with Gasteiger partial charge in [-0.15, -0.1) is 0 Å². The maximum Gasteiger partial charge on any atom is 0.340 e. The molecule has 0 fully saturated rings. The highest BCUT2D eigenvalue weighted by Gasteiger charge is 2.26. The zero-order valence-electron chi connectivity index (χ0n) is 8.66. The number of esters is 1. The molecule has 0 aliphatic rings. The Morgan fingerprint density at radius 3 is 2.56 bits per heavy atom. The van der Waals surface area contributed by atoms with E-state index in [1.165, 1.54) is 13.2 Å². The van der Waals surface area contributed by atoms with Gasteiger partial charge in [0.05, 0.1) is 18.4 Å². The predicted molar refractivity (Wildman–Crippen MR) is 56.8 cm³/mol. The molecule has 1 rings (SSSR count). The minimum atomic E-state index is -3.00. The van der Waals surface area contributed by atoms with Crippen LogP contribution >= 0.6 is 0 Å². The second-order valence-corrected chi connectivity index (χ2v) is 3.39. The average Bonchev–Trinajstić information content (AvgIpc) is 2.26. The number of ether oxygens (including phenoxy) is 1. The number of benzene rings is 1. The third-order valence-electron chi connectivity index (χ3n) is 2.01. The Kier molecular flexibility index (Phi) is 3.64. The summed E-state index contributed by atoms with van der Waals surface area (Å²) in [6, 6.07) is 3.46. The summed E-state index contributed by atoms with van der Waals surface area (Å²) in [6.07, 6.45) is 0. The molecule has 0 bridgehead atoms. The molecule has 1 aromatic rings. The van der Waals surface area contributed by atoms with Crippen LogP contribution in [0.3, 0.4) is 0 Å². The molecule has 0 aliphatic heterocycles. The SMILES string of the molecule is COC(=O)c1ccc(C(C)(F)F)cc1N=S. The van der Waals surface area contributed by atoms with Crippen molar-refractivity contribution in [2.24, 2.45) is 4.36 Å². The second kappa shape index (κ2) is 4.61. The molecular formula is C10H9F2NO2S. The second-order valence-electron chi connectivity index (χ2n) is 3.20. The van der Waals surface area contributed by atoms with Crippen LogP contribution in [0.2, 0.25) is 0 Å².